The molecule has 2 aromatic rings. The molecular weight excluding hydrogens is 339 g/mol. The number of halogens is 3. The highest BCUT2D eigenvalue weighted by molar-refractivity contribution is 6.35. The van der Waals surface area contributed by atoms with Gasteiger partial charge in [-0.2, -0.15) is 0 Å². The summed E-state index contributed by atoms with van der Waals surface area (Å²) in [4.78, 5) is 2.30. The van der Waals surface area contributed by atoms with E-state index < -0.39 is 0 Å². The van der Waals surface area contributed by atoms with Gasteiger partial charge in [0.2, 0.25) is 0 Å². The van der Waals surface area contributed by atoms with Crippen molar-refractivity contribution in [2.75, 3.05) is 13.6 Å². The Hall–Kier alpha value is -0.770. The number of likely N-dealkylation sites (N-methyl/N-ethyl adjacent to an activating group) is 1. The molecule has 118 valence electrons. The van der Waals surface area contributed by atoms with Crippen LogP contribution in [0.25, 0.3) is 0 Å². The predicted octanol–water partition coefficient (Wildman–Crippen LogP) is 4.45. The smallest absolute Gasteiger partial charge is 0.0468 e. The van der Waals surface area contributed by atoms with Crippen LogP contribution in [0.2, 0.25) is 10.0 Å². The van der Waals surface area contributed by atoms with E-state index in [2.05, 4.69) is 42.3 Å². The number of hydrogen-bond acceptors (Lipinski definition) is 2. The molecule has 0 fully saturated rings. The van der Waals surface area contributed by atoms with Crippen LogP contribution in [0.4, 0.5) is 0 Å². The fraction of sp³-hybridized carbons (Fsp3) is 0.294. The van der Waals surface area contributed by atoms with Crippen LogP contribution in [0.15, 0.2) is 36.4 Å². The third kappa shape index (κ3) is 3.42. The van der Waals surface area contributed by atoms with Crippen molar-refractivity contribution in [2.24, 2.45) is 5.73 Å². The first-order chi connectivity index (χ1) is 10.1. The van der Waals surface area contributed by atoms with Crippen LogP contribution in [0.3, 0.4) is 0 Å². The second kappa shape index (κ2) is 7.20. The predicted molar refractivity (Wildman–Crippen MR) is 96.2 cm³/mol. The monoisotopic (exact) mass is 356 g/mol. The van der Waals surface area contributed by atoms with Gasteiger partial charge in [-0.3, -0.25) is 0 Å². The highest BCUT2D eigenvalue weighted by atomic mass is 35.5. The molecule has 0 aliphatic carbocycles. The van der Waals surface area contributed by atoms with Crippen LogP contribution in [0.5, 0.6) is 0 Å². The molecule has 5 heteroatoms. The molecule has 0 radical (unpaired) electrons. The van der Waals surface area contributed by atoms with Crippen LogP contribution in [0.1, 0.15) is 28.2 Å². The molecule has 0 spiro atoms. The topological polar surface area (TPSA) is 29.3 Å². The van der Waals surface area contributed by atoms with Gasteiger partial charge in [-0.1, -0.05) is 47.5 Å². The lowest BCUT2D eigenvalue weighted by molar-refractivity contribution is 0.295. The lowest BCUT2D eigenvalue weighted by Gasteiger charge is -2.33. The van der Waals surface area contributed by atoms with Crippen molar-refractivity contribution in [3.8, 4) is 0 Å². The average Bonchev–Trinajstić information content (AvgIpc) is 2.47. The van der Waals surface area contributed by atoms with Crippen LogP contribution in [0, 0.1) is 0 Å². The second-order valence-corrected chi connectivity index (χ2v) is 6.49. The van der Waals surface area contributed by atoms with Crippen LogP contribution in [-0.4, -0.2) is 18.5 Å². The Balaban J connectivity index is 0.00000176. The summed E-state index contributed by atoms with van der Waals surface area (Å²) in [7, 11) is 2.12. The molecule has 22 heavy (non-hydrogen) atoms. The van der Waals surface area contributed by atoms with Crippen molar-refractivity contribution >= 4 is 35.6 Å². The third-order valence-electron chi connectivity index (χ3n) is 4.11. The number of rotatable bonds is 2. The van der Waals surface area contributed by atoms with E-state index in [-0.39, 0.29) is 12.4 Å². The van der Waals surface area contributed by atoms with Gasteiger partial charge in [0.25, 0.3) is 0 Å². The minimum absolute atomic E-state index is 0. The van der Waals surface area contributed by atoms with Crippen molar-refractivity contribution < 1.29 is 0 Å². The van der Waals surface area contributed by atoms with E-state index in [1.54, 1.807) is 0 Å². The molecule has 0 bridgehead atoms. The lowest BCUT2D eigenvalue weighted by atomic mass is 9.84. The largest absolute Gasteiger partial charge is 0.326 e. The molecule has 0 amide bonds. The van der Waals surface area contributed by atoms with E-state index >= 15 is 0 Å². The summed E-state index contributed by atoms with van der Waals surface area (Å²) in [6.07, 6.45) is 0. The Morgan fingerprint density at radius 3 is 2.50 bits per heavy atom. The molecule has 1 aliphatic rings. The molecule has 0 aromatic heterocycles. The minimum atomic E-state index is 0. The molecule has 3 rings (SSSR count). The Bertz CT molecular complexity index is 656. The van der Waals surface area contributed by atoms with E-state index in [4.69, 9.17) is 28.9 Å². The summed E-state index contributed by atoms with van der Waals surface area (Å²) in [5.41, 5.74) is 10.5. The molecule has 2 N–H and O–H groups in total. The van der Waals surface area contributed by atoms with E-state index in [0.29, 0.717) is 17.5 Å². The number of nitrogens with zero attached hydrogens (tertiary/aromatic N) is 1. The fourth-order valence-corrected chi connectivity index (χ4v) is 3.59. The first-order valence-corrected chi connectivity index (χ1v) is 7.79. The quantitative estimate of drug-likeness (QED) is 0.860. The van der Waals surface area contributed by atoms with E-state index in [0.717, 1.165) is 23.7 Å². The molecular formula is C17H19Cl3N2. The second-order valence-electron chi connectivity index (χ2n) is 5.65. The summed E-state index contributed by atoms with van der Waals surface area (Å²) in [5.74, 6) is 0.293. The Kier molecular flexibility index (Phi) is 5.76. The molecule has 0 saturated heterocycles. The average molecular weight is 358 g/mol. The van der Waals surface area contributed by atoms with Crippen molar-refractivity contribution in [3.05, 3.63) is 68.7 Å². The van der Waals surface area contributed by atoms with Gasteiger partial charge in [0.05, 0.1) is 0 Å². The lowest BCUT2D eigenvalue weighted by Crippen LogP contribution is -2.31. The van der Waals surface area contributed by atoms with Gasteiger partial charge in [0.15, 0.2) is 0 Å². The Morgan fingerprint density at radius 2 is 1.86 bits per heavy atom. The maximum Gasteiger partial charge on any atom is 0.0468 e. The number of nitrogens with two attached hydrogens (primary N) is 1. The summed E-state index contributed by atoms with van der Waals surface area (Å²) >= 11 is 12.6. The molecule has 1 aliphatic heterocycles. The highest BCUT2D eigenvalue weighted by Crippen LogP contribution is 2.38. The van der Waals surface area contributed by atoms with Gasteiger partial charge in [-0.05, 0) is 41.4 Å². The van der Waals surface area contributed by atoms with Crippen LogP contribution < -0.4 is 5.73 Å². The first-order valence-electron chi connectivity index (χ1n) is 7.03. The minimum Gasteiger partial charge on any atom is -0.326 e. The van der Waals surface area contributed by atoms with Gasteiger partial charge in [0, 0.05) is 35.6 Å². The summed E-state index contributed by atoms with van der Waals surface area (Å²) < 4.78 is 0. The zero-order valence-electron chi connectivity index (χ0n) is 12.4. The van der Waals surface area contributed by atoms with Gasteiger partial charge < -0.3 is 10.6 Å². The molecule has 1 unspecified atom stereocenters. The molecule has 1 heterocycles. The Labute approximate surface area is 147 Å². The zero-order chi connectivity index (χ0) is 15.0. The Morgan fingerprint density at radius 1 is 1.18 bits per heavy atom. The van der Waals surface area contributed by atoms with Crippen LogP contribution >= 0.6 is 35.6 Å². The fourth-order valence-electron chi connectivity index (χ4n) is 3.02. The maximum absolute atomic E-state index is 6.39. The van der Waals surface area contributed by atoms with Crippen molar-refractivity contribution in [3.63, 3.8) is 0 Å². The summed E-state index contributed by atoms with van der Waals surface area (Å²) in [6.45, 7) is 2.40. The number of benzene rings is 2. The van der Waals surface area contributed by atoms with Crippen LogP contribution in [-0.2, 0) is 13.1 Å². The van der Waals surface area contributed by atoms with Gasteiger partial charge in [-0.25, -0.2) is 0 Å². The molecule has 0 saturated carbocycles. The molecule has 2 nitrogen and oxygen atoms in total. The van der Waals surface area contributed by atoms with E-state index in [9.17, 15) is 0 Å². The number of fused-ring (bicyclic) bond motifs is 1. The van der Waals surface area contributed by atoms with Gasteiger partial charge >= 0.3 is 0 Å². The standard InChI is InChI=1S/C17H18Cl2N2.ClH/c1-21-9-15(12-4-2-11(8-20)3-5-12)14-6-13(18)7-17(19)16(14)10-21;/h2-7,15H,8-10,20H2,1H3;1H. The highest BCUT2D eigenvalue weighted by Gasteiger charge is 2.26. The normalized spacial score (nSPS) is 17.7. The first kappa shape index (κ1) is 17.6. The summed E-state index contributed by atoms with van der Waals surface area (Å²) in [5, 5.41) is 1.46. The van der Waals surface area contributed by atoms with Crippen molar-refractivity contribution in [1.29, 1.82) is 0 Å². The zero-order valence-corrected chi connectivity index (χ0v) is 14.7. The van der Waals surface area contributed by atoms with Gasteiger partial charge in [-0.15, -0.1) is 12.4 Å². The number of hydrogen-bond donors (Lipinski definition) is 1. The van der Waals surface area contributed by atoms with E-state index in [1.165, 1.54) is 16.7 Å². The SMILES string of the molecule is CN1Cc2c(Cl)cc(Cl)cc2C(c2ccc(CN)cc2)C1.Cl. The molecule has 2 aromatic carbocycles. The van der Waals surface area contributed by atoms with Gasteiger partial charge in [0.1, 0.15) is 0 Å². The van der Waals surface area contributed by atoms with E-state index in [1.807, 2.05) is 6.07 Å². The molecule has 1 atom stereocenters. The van der Waals surface area contributed by atoms with Crippen molar-refractivity contribution in [1.82, 2.24) is 4.90 Å². The maximum atomic E-state index is 6.39. The summed E-state index contributed by atoms with van der Waals surface area (Å²) in [6, 6.07) is 12.4. The van der Waals surface area contributed by atoms with Crippen molar-refractivity contribution in [2.45, 2.75) is 19.0 Å². The third-order valence-corrected chi connectivity index (χ3v) is 4.67.